The van der Waals surface area contributed by atoms with Crippen LogP contribution in [0.4, 0.5) is 5.69 Å². The normalized spacial score (nSPS) is 13.6. The van der Waals surface area contributed by atoms with Crippen molar-refractivity contribution < 1.29 is 0 Å². The number of halogens is 1. The molecule has 1 nitrogen and oxygen atoms in total. The molecule has 1 aromatic heterocycles. The summed E-state index contributed by atoms with van der Waals surface area (Å²) in [6.45, 7) is 0.789. The second kappa shape index (κ2) is 5.36. The number of fused-ring (bicyclic) bond motifs is 2. The van der Waals surface area contributed by atoms with E-state index in [2.05, 4.69) is 41.7 Å². The van der Waals surface area contributed by atoms with Gasteiger partial charge in [-0.3, -0.25) is 0 Å². The van der Waals surface area contributed by atoms with E-state index < -0.39 is 0 Å². The van der Waals surface area contributed by atoms with Crippen molar-refractivity contribution in [1.82, 2.24) is 0 Å². The summed E-state index contributed by atoms with van der Waals surface area (Å²) in [5.41, 5.74) is 4.21. The Kier molecular flexibility index (Phi) is 3.36. The van der Waals surface area contributed by atoms with Gasteiger partial charge in [0, 0.05) is 20.7 Å². The number of aryl methyl sites for hydroxylation is 2. The summed E-state index contributed by atoms with van der Waals surface area (Å²) in [7, 11) is 0. The van der Waals surface area contributed by atoms with Gasteiger partial charge in [-0.05, 0) is 48.6 Å². The highest BCUT2D eigenvalue weighted by Gasteiger charge is 2.12. The Morgan fingerprint density at radius 3 is 2.81 bits per heavy atom. The lowest BCUT2D eigenvalue weighted by molar-refractivity contribution is 0.912. The topological polar surface area (TPSA) is 12.0 Å². The Bertz CT molecular complexity index is 806. The zero-order chi connectivity index (χ0) is 14.2. The number of benzene rings is 2. The molecule has 1 aliphatic carbocycles. The molecule has 0 atom stereocenters. The third kappa shape index (κ3) is 2.43. The maximum absolute atomic E-state index is 6.49. The van der Waals surface area contributed by atoms with Gasteiger partial charge in [-0.2, -0.15) is 0 Å². The minimum atomic E-state index is 0.789. The molecule has 0 fully saturated rings. The van der Waals surface area contributed by atoms with E-state index in [0.29, 0.717) is 0 Å². The first-order valence-corrected chi connectivity index (χ1v) is 8.52. The summed E-state index contributed by atoms with van der Waals surface area (Å²) in [5, 5.41) is 5.57. The lowest BCUT2D eigenvalue weighted by atomic mass is 10.1. The van der Waals surface area contributed by atoms with Gasteiger partial charge in [-0.1, -0.05) is 35.9 Å². The van der Waals surface area contributed by atoms with E-state index in [9.17, 15) is 0 Å². The molecule has 0 saturated carbocycles. The minimum absolute atomic E-state index is 0.789. The summed E-state index contributed by atoms with van der Waals surface area (Å²) in [5.74, 6) is 0. The largest absolute Gasteiger partial charge is 0.380 e. The maximum Gasteiger partial charge on any atom is 0.0642 e. The van der Waals surface area contributed by atoms with Gasteiger partial charge in [-0.15, -0.1) is 11.3 Å². The van der Waals surface area contributed by atoms with Crippen molar-refractivity contribution in [3.8, 4) is 0 Å². The smallest absolute Gasteiger partial charge is 0.0642 e. The van der Waals surface area contributed by atoms with Crippen LogP contribution >= 0.6 is 22.9 Å². The summed E-state index contributed by atoms with van der Waals surface area (Å²) in [4.78, 5) is 1.21. The van der Waals surface area contributed by atoms with E-state index in [1.54, 1.807) is 11.3 Å². The van der Waals surface area contributed by atoms with Crippen LogP contribution in [0.1, 0.15) is 22.4 Å². The predicted octanol–water partition coefficient (Wildman–Crippen LogP) is 5.66. The third-order valence-corrected chi connectivity index (χ3v) is 5.87. The Hall–Kier alpha value is -1.51. The average molecular weight is 314 g/mol. The van der Waals surface area contributed by atoms with Crippen LogP contribution < -0.4 is 5.32 Å². The summed E-state index contributed by atoms with van der Waals surface area (Å²) >= 11 is 8.26. The van der Waals surface area contributed by atoms with Crippen LogP contribution in [-0.2, 0) is 19.4 Å². The molecule has 1 aliphatic rings. The molecule has 1 N–H and O–H groups in total. The van der Waals surface area contributed by atoms with Crippen molar-refractivity contribution >= 4 is 38.7 Å². The van der Waals surface area contributed by atoms with Gasteiger partial charge >= 0.3 is 0 Å². The number of hydrogen-bond donors (Lipinski definition) is 1. The molecular weight excluding hydrogens is 298 g/mol. The van der Waals surface area contributed by atoms with E-state index in [0.717, 1.165) is 17.0 Å². The van der Waals surface area contributed by atoms with Crippen LogP contribution in [0.25, 0.3) is 10.1 Å². The Balaban J connectivity index is 1.57. The summed E-state index contributed by atoms with van der Waals surface area (Å²) < 4.78 is 1.26. The number of anilines is 1. The van der Waals surface area contributed by atoms with Crippen LogP contribution in [-0.4, -0.2) is 0 Å². The minimum Gasteiger partial charge on any atom is -0.380 e. The molecule has 2 aromatic carbocycles. The number of hydrogen-bond acceptors (Lipinski definition) is 2. The molecule has 0 radical (unpaired) electrons. The number of nitrogens with one attached hydrogen (secondary N) is 1. The Labute approximate surface area is 133 Å². The van der Waals surface area contributed by atoms with E-state index in [4.69, 9.17) is 11.6 Å². The molecule has 0 spiro atoms. The third-order valence-electron chi connectivity index (χ3n) is 4.15. The van der Waals surface area contributed by atoms with Crippen molar-refractivity contribution in [2.24, 2.45) is 0 Å². The van der Waals surface area contributed by atoms with Gasteiger partial charge in [0.15, 0.2) is 0 Å². The van der Waals surface area contributed by atoms with Crippen molar-refractivity contribution in [3.05, 3.63) is 63.5 Å². The first-order chi connectivity index (χ1) is 10.3. The zero-order valence-electron chi connectivity index (χ0n) is 11.7. The standard InChI is InChI=1S/C18H16ClNS/c19-18-15-6-1-2-7-16(15)21-17(18)11-20-14-9-8-12-4-3-5-13(12)10-14/h1-2,6-10,20H,3-5,11H2. The molecular formula is C18H16ClNS. The Morgan fingerprint density at radius 1 is 1.05 bits per heavy atom. The van der Waals surface area contributed by atoms with E-state index in [1.807, 2.05) is 6.07 Å². The molecule has 106 valence electrons. The lowest BCUT2D eigenvalue weighted by Crippen LogP contribution is -1.98. The second-order valence-electron chi connectivity index (χ2n) is 5.53. The monoisotopic (exact) mass is 313 g/mol. The van der Waals surface area contributed by atoms with Gasteiger partial charge in [0.2, 0.25) is 0 Å². The Morgan fingerprint density at radius 2 is 1.90 bits per heavy atom. The molecule has 4 rings (SSSR count). The molecule has 0 bridgehead atoms. The van der Waals surface area contributed by atoms with Gasteiger partial charge in [-0.25, -0.2) is 0 Å². The van der Waals surface area contributed by atoms with Crippen LogP contribution in [0, 0.1) is 0 Å². The van der Waals surface area contributed by atoms with Crippen LogP contribution in [0.3, 0.4) is 0 Å². The first kappa shape index (κ1) is 13.2. The quantitative estimate of drug-likeness (QED) is 0.658. The van der Waals surface area contributed by atoms with Gasteiger partial charge in [0.05, 0.1) is 11.6 Å². The fourth-order valence-corrected chi connectivity index (χ4v) is 4.48. The first-order valence-electron chi connectivity index (χ1n) is 7.33. The van der Waals surface area contributed by atoms with E-state index >= 15 is 0 Å². The zero-order valence-corrected chi connectivity index (χ0v) is 13.2. The number of rotatable bonds is 3. The highest BCUT2D eigenvalue weighted by Crippen LogP contribution is 2.35. The van der Waals surface area contributed by atoms with Crippen LogP contribution in [0.5, 0.6) is 0 Å². The van der Waals surface area contributed by atoms with Gasteiger partial charge in [0.25, 0.3) is 0 Å². The highest BCUT2D eigenvalue weighted by molar-refractivity contribution is 7.19. The van der Waals surface area contributed by atoms with Crippen molar-refractivity contribution in [1.29, 1.82) is 0 Å². The maximum atomic E-state index is 6.49. The van der Waals surface area contributed by atoms with Gasteiger partial charge in [0.1, 0.15) is 0 Å². The predicted molar refractivity (Wildman–Crippen MR) is 92.6 cm³/mol. The fraction of sp³-hybridized carbons (Fsp3) is 0.222. The van der Waals surface area contributed by atoms with Crippen LogP contribution in [0.15, 0.2) is 42.5 Å². The molecule has 1 heterocycles. The lowest BCUT2D eigenvalue weighted by Gasteiger charge is -2.07. The van der Waals surface area contributed by atoms with Crippen molar-refractivity contribution in [3.63, 3.8) is 0 Å². The van der Waals surface area contributed by atoms with Gasteiger partial charge < -0.3 is 5.32 Å². The second-order valence-corrected chi connectivity index (χ2v) is 7.04. The van der Waals surface area contributed by atoms with Crippen molar-refractivity contribution in [2.75, 3.05) is 5.32 Å². The van der Waals surface area contributed by atoms with Crippen LogP contribution in [0.2, 0.25) is 5.02 Å². The summed E-state index contributed by atoms with van der Waals surface area (Å²) in [6.07, 6.45) is 3.74. The highest BCUT2D eigenvalue weighted by atomic mass is 35.5. The molecule has 21 heavy (non-hydrogen) atoms. The fourth-order valence-electron chi connectivity index (χ4n) is 3.04. The number of thiophene rings is 1. The average Bonchev–Trinajstić information content (AvgIpc) is 3.10. The molecule has 0 aliphatic heterocycles. The van der Waals surface area contributed by atoms with E-state index in [1.165, 1.54) is 45.7 Å². The molecule has 0 saturated heterocycles. The van der Waals surface area contributed by atoms with Crippen molar-refractivity contribution in [2.45, 2.75) is 25.8 Å². The SMILES string of the molecule is Clc1c(CNc2ccc3c(c2)CCC3)sc2ccccc12. The summed E-state index contributed by atoms with van der Waals surface area (Å²) in [6, 6.07) is 15.1. The van der Waals surface area contributed by atoms with E-state index in [-0.39, 0.29) is 0 Å². The molecule has 0 unspecified atom stereocenters. The molecule has 3 heteroatoms. The molecule has 0 amide bonds. The molecule has 3 aromatic rings.